The molecule has 0 saturated carbocycles. The van der Waals surface area contributed by atoms with Crippen LogP contribution in [0, 0.1) is 0 Å². The lowest BCUT2D eigenvalue weighted by Crippen LogP contribution is -2.26. The highest BCUT2D eigenvalue weighted by molar-refractivity contribution is 5.49. The monoisotopic (exact) mass is 338 g/mol. The normalized spacial score (nSPS) is 17.5. The molecule has 3 nitrogen and oxygen atoms in total. The maximum absolute atomic E-state index is 5.54. The maximum atomic E-state index is 5.54. The van der Waals surface area contributed by atoms with Gasteiger partial charge in [-0.1, -0.05) is 44.5 Å². The van der Waals surface area contributed by atoms with E-state index in [2.05, 4.69) is 66.9 Å². The van der Waals surface area contributed by atoms with Crippen molar-refractivity contribution in [2.75, 3.05) is 19.0 Å². The largest absolute Gasteiger partial charge is 0.496 e. The van der Waals surface area contributed by atoms with E-state index in [1.54, 1.807) is 7.11 Å². The summed E-state index contributed by atoms with van der Waals surface area (Å²) in [6, 6.07) is 15.8. The van der Waals surface area contributed by atoms with E-state index >= 15 is 0 Å². The molecule has 134 valence electrons. The van der Waals surface area contributed by atoms with Crippen molar-refractivity contribution in [3.63, 3.8) is 0 Å². The second kappa shape index (κ2) is 8.39. The fourth-order valence-corrected chi connectivity index (χ4v) is 3.49. The Labute approximate surface area is 151 Å². The van der Waals surface area contributed by atoms with Crippen molar-refractivity contribution >= 4 is 5.69 Å². The van der Waals surface area contributed by atoms with Gasteiger partial charge in [-0.05, 0) is 54.6 Å². The molecule has 1 heterocycles. The average molecular weight is 338 g/mol. The zero-order valence-electron chi connectivity index (χ0n) is 15.6. The van der Waals surface area contributed by atoms with Crippen molar-refractivity contribution in [3.05, 3.63) is 59.2 Å². The van der Waals surface area contributed by atoms with Gasteiger partial charge in [0.1, 0.15) is 5.75 Å². The Bertz CT molecular complexity index is 690. The Hall–Kier alpha value is -2.00. The number of ether oxygens (including phenoxy) is 1. The predicted octanol–water partition coefficient (Wildman–Crippen LogP) is 5.25. The molecule has 1 aliphatic heterocycles. The number of rotatable bonds is 6. The Kier molecular flexibility index (Phi) is 5.98. The third-order valence-electron chi connectivity index (χ3n) is 5.05. The van der Waals surface area contributed by atoms with Crippen molar-refractivity contribution in [1.29, 1.82) is 0 Å². The number of piperidine rings is 1. The molecule has 2 N–H and O–H groups in total. The van der Waals surface area contributed by atoms with Gasteiger partial charge in [-0.15, -0.1) is 0 Å². The van der Waals surface area contributed by atoms with Crippen LogP contribution in [0.2, 0.25) is 0 Å². The minimum atomic E-state index is 0.495. The van der Waals surface area contributed by atoms with E-state index in [0.29, 0.717) is 12.0 Å². The van der Waals surface area contributed by atoms with Crippen LogP contribution in [0.25, 0.3) is 0 Å². The van der Waals surface area contributed by atoms with Crippen LogP contribution in [-0.2, 0) is 6.54 Å². The smallest absolute Gasteiger partial charge is 0.123 e. The summed E-state index contributed by atoms with van der Waals surface area (Å²) in [4.78, 5) is 0. The van der Waals surface area contributed by atoms with Crippen LogP contribution in [0.5, 0.6) is 5.75 Å². The lowest BCUT2D eigenvalue weighted by molar-refractivity contribution is 0.410. The third kappa shape index (κ3) is 4.55. The Balaban J connectivity index is 1.72. The molecule has 0 aromatic heterocycles. The van der Waals surface area contributed by atoms with Crippen LogP contribution in [-0.4, -0.2) is 13.7 Å². The number of methoxy groups -OCH3 is 1. The first kappa shape index (κ1) is 17.8. The van der Waals surface area contributed by atoms with E-state index in [0.717, 1.165) is 18.8 Å². The second-order valence-corrected chi connectivity index (χ2v) is 7.21. The van der Waals surface area contributed by atoms with Gasteiger partial charge in [-0.3, -0.25) is 0 Å². The lowest BCUT2D eigenvalue weighted by Gasteiger charge is -2.24. The van der Waals surface area contributed by atoms with Gasteiger partial charge in [0.15, 0.2) is 0 Å². The van der Waals surface area contributed by atoms with Crippen molar-refractivity contribution in [2.24, 2.45) is 0 Å². The van der Waals surface area contributed by atoms with E-state index in [9.17, 15) is 0 Å². The van der Waals surface area contributed by atoms with Gasteiger partial charge in [0.25, 0.3) is 0 Å². The van der Waals surface area contributed by atoms with E-state index in [1.807, 2.05) is 0 Å². The number of hydrogen-bond acceptors (Lipinski definition) is 3. The number of nitrogens with one attached hydrogen (secondary N) is 2. The molecular formula is C22H30N2O. The summed E-state index contributed by atoms with van der Waals surface area (Å²) in [6.45, 7) is 6.34. The first-order valence-electron chi connectivity index (χ1n) is 9.41. The van der Waals surface area contributed by atoms with Crippen molar-refractivity contribution in [1.82, 2.24) is 5.32 Å². The lowest BCUT2D eigenvalue weighted by atomic mass is 9.97. The molecule has 0 amide bonds. The van der Waals surface area contributed by atoms with Gasteiger partial charge in [-0.25, -0.2) is 0 Å². The van der Waals surface area contributed by atoms with Gasteiger partial charge in [-0.2, -0.15) is 0 Å². The Morgan fingerprint density at radius 3 is 2.76 bits per heavy atom. The molecule has 0 unspecified atom stereocenters. The molecule has 1 atom stereocenters. The fraction of sp³-hybridized carbons (Fsp3) is 0.455. The minimum Gasteiger partial charge on any atom is -0.496 e. The van der Waals surface area contributed by atoms with Crippen LogP contribution in [0.15, 0.2) is 42.5 Å². The summed E-state index contributed by atoms with van der Waals surface area (Å²) in [5.74, 6) is 1.47. The molecule has 1 fully saturated rings. The molecule has 2 aromatic rings. The molecule has 25 heavy (non-hydrogen) atoms. The molecule has 0 bridgehead atoms. The average Bonchev–Trinajstić information content (AvgIpc) is 2.67. The highest BCUT2D eigenvalue weighted by Crippen LogP contribution is 2.27. The first-order valence-corrected chi connectivity index (χ1v) is 9.41. The highest BCUT2D eigenvalue weighted by Gasteiger charge is 2.14. The van der Waals surface area contributed by atoms with Gasteiger partial charge in [0.05, 0.1) is 7.11 Å². The highest BCUT2D eigenvalue weighted by atomic mass is 16.5. The zero-order chi connectivity index (χ0) is 17.6. The van der Waals surface area contributed by atoms with E-state index in [1.165, 1.54) is 41.6 Å². The molecular weight excluding hydrogens is 308 g/mol. The number of benzene rings is 2. The van der Waals surface area contributed by atoms with Gasteiger partial charge < -0.3 is 15.4 Å². The summed E-state index contributed by atoms with van der Waals surface area (Å²) in [5, 5.41) is 7.20. The van der Waals surface area contributed by atoms with Crippen molar-refractivity contribution in [3.8, 4) is 5.75 Å². The van der Waals surface area contributed by atoms with Gasteiger partial charge in [0, 0.05) is 23.8 Å². The summed E-state index contributed by atoms with van der Waals surface area (Å²) in [6.07, 6.45) is 3.84. The van der Waals surface area contributed by atoms with E-state index in [4.69, 9.17) is 4.74 Å². The number of anilines is 1. The van der Waals surface area contributed by atoms with Gasteiger partial charge in [0.2, 0.25) is 0 Å². The van der Waals surface area contributed by atoms with E-state index in [-0.39, 0.29) is 0 Å². The summed E-state index contributed by atoms with van der Waals surface area (Å²) >= 11 is 0. The maximum Gasteiger partial charge on any atom is 0.123 e. The summed E-state index contributed by atoms with van der Waals surface area (Å²) < 4.78 is 5.54. The molecule has 1 aliphatic rings. The van der Waals surface area contributed by atoms with Crippen molar-refractivity contribution < 1.29 is 4.74 Å². The van der Waals surface area contributed by atoms with Crippen LogP contribution in [0.4, 0.5) is 5.69 Å². The molecule has 3 heteroatoms. The molecule has 1 saturated heterocycles. The molecule has 2 aromatic carbocycles. The fourth-order valence-electron chi connectivity index (χ4n) is 3.49. The molecule has 3 rings (SSSR count). The van der Waals surface area contributed by atoms with Crippen LogP contribution < -0.4 is 15.4 Å². The van der Waals surface area contributed by atoms with Crippen LogP contribution >= 0.6 is 0 Å². The van der Waals surface area contributed by atoms with Crippen LogP contribution in [0.3, 0.4) is 0 Å². The number of hydrogen-bond donors (Lipinski definition) is 2. The van der Waals surface area contributed by atoms with Gasteiger partial charge >= 0.3 is 0 Å². The van der Waals surface area contributed by atoms with Crippen LogP contribution in [0.1, 0.15) is 61.8 Å². The van der Waals surface area contributed by atoms with Crippen molar-refractivity contribution in [2.45, 2.75) is 51.6 Å². The Morgan fingerprint density at radius 2 is 2.04 bits per heavy atom. The molecule has 0 spiro atoms. The first-order chi connectivity index (χ1) is 12.2. The Morgan fingerprint density at radius 1 is 1.16 bits per heavy atom. The third-order valence-corrected chi connectivity index (χ3v) is 5.05. The summed E-state index contributed by atoms with van der Waals surface area (Å²) in [7, 11) is 1.74. The SMILES string of the molecule is COc1ccc(C(C)C)cc1CNc1cccc([C@@H]2CCCCN2)c1. The topological polar surface area (TPSA) is 33.3 Å². The second-order valence-electron chi connectivity index (χ2n) is 7.21. The van der Waals surface area contributed by atoms with E-state index < -0.39 is 0 Å². The quantitative estimate of drug-likeness (QED) is 0.755. The molecule has 0 aliphatic carbocycles. The predicted molar refractivity (Wildman–Crippen MR) is 105 cm³/mol. The summed E-state index contributed by atoms with van der Waals surface area (Å²) in [5.41, 5.74) is 5.10. The zero-order valence-corrected chi connectivity index (χ0v) is 15.6. The standard InChI is InChI=1S/C22H30N2O/c1-16(2)17-10-11-22(25-3)19(13-17)15-24-20-8-6-7-18(14-20)21-9-4-5-12-23-21/h6-8,10-11,13-14,16,21,23-24H,4-5,9,12,15H2,1-3H3/t21-/m0/s1. The molecule has 0 radical (unpaired) electrons. The minimum absolute atomic E-state index is 0.495.